The second-order valence-electron chi connectivity index (χ2n) is 4.63. The highest BCUT2D eigenvalue weighted by Gasteiger charge is 2.08. The van der Waals surface area contributed by atoms with Gasteiger partial charge < -0.3 is 10.5 Å². The van der Waals surface area contributed by atoms with Crippen molar-refractivity contribution < 1.29 is 4.74 Å². The number of pyridine rings is 1. The van der Waals surface area contributed by atoms with Crippen molar-refractivity contribution in [1.82, 2.24) is 4.98 Å². The number of rotatable bonds is 4. The lowest BCUT2D eigenvalue weighted by molar-refractivity contribution is 0.456. The van der Waals surface area contributed by atoms with Gasteiger partial charge in [-0.25, -0.2) is 4.98 Å². The summed E-state index contributed by atoms with van der Waals surface area (Å²) in [6, 6.07) is 11.6. The van der Waals surface area contributed by atoms with E-state index in [-0.39, 0.29) is 0 Å². The molecule has 2 N–H and O–H groups in total. The molecule has 0 saturated heterocycles. The van der Waals surface area contributed by atoms with Crippen molar-refractivity contribution >= 4 is 15.9 Å². The predicted molar refractivity (Wildman–Crippen MR) is 80.4 cm³/mol. The van der Waals surface area contributed by atoms with Gasteiger partial charge in [-0.1, -0.05) is 26.0 Å². The van der Waals surface area contributed by atoms with Gasteiger partial charge in [0.15, 0.2) is 0 Å². The summed E-state index contributed by atoms with van der Waals surface area (Å²) in [5, 5.41) is 0. The van der Waals surface area contributed by atoms with E-state index < -0.39 is 0 Å². The first-order valence-corrected chi connectivity index (χ1v) is 7.02. The SMILES string of the molecule is CC(C)c1cc(CN)cc(Oc2ccccc2Br)n1. The van der Waals surface area contributed by atoms with Gasteiger partial charge in [0.25, 0.3) is 0 Å². The Balaban J connectivity index is 2.34. The van der Waals surface area contributed by atoms with Gasteiger partial charge in [0.05, 0.1) is 4.47 Å². The Morgan fingerprint density at radius 3 is 2.63 bits per heavy atom. The zero-order valence-corrected chi connectivity index (χ0v) is 12.6. The van der Waals surface area contributed by atoms with Crippen molar-refractivity contribution in [3.8, 4) is 11.6 Å². The molecule has 0 aliphatic heterocycles. The molecule has 0 aliphatic carbocycles. The van der Waals surface area contributed by atoms with E-state index >= 15 is 0 Å². The lowest BCUT2D eigenvalue weighted by Gasteiger charge is -2.12. The fourth-order valence-corrected chi connectivity index (χ4v) is 2.05. The first-order valence-electron chi connectivity index (χ1n) is 6.23. The Bertz CT molecular complexity index is 570. The minimum Gasteiger partial charge on any atom is -0.438 e. The monoisotopic (exact) mass is 320 g/mol. The second-order valence-corrected chi connectivity index (χ2v) is 5.48. The number of benzene rings is 1. The number of hydrogen-bond donors (Lipinski definition) is 1. The van der Waals surface area contributed by atoms with Gasteiger partial charge >= 0.3 is 0 Å². The van der Waals surface area contributed by atoms with Gasteiger partial charge in [0, 0.05) is 18.3 Å². The minimum atomic E-state index is 0.341. The van der Waals surface area contributed by atoms with Crippen LogP contribution in [0.5, 0.6) is 11.6 Å². The molecule has 0 amide bonds. The van der Waals surface area contributed by atoms with Gasteiger partial charge in [-0.2, -0.15) is 0 Å². The average molecular weight is 321 g/mol. The molecule has 19 heavy (non-hydrogen) atoms. The van der Waals surface area contributed by atoms with Crippen LogP contribution in [0.2, 0.25) is 0 Å². The summed E-state index contributed by atoms with van der Waals surface area (Å²) in [5.41, 5.74) is 7.74. The number of hydrogen-bond acceptors (Lipinski definition) is 3. The summed E-state index contributed by atoms with van der Waals surface area (Å²) in [4.78, 5) is 4.52. The standard InChI is InChI=1S/C15H17BrN2O/c1-10(2)13-7-11(9-17)8-15(18-13)19-14-6-4-3-5-12(14)16/h3-8,10H,9,17H2,1-2H3. The maximum atomic E-state index is 5.83. The Hall–Kier alpha value is -1.39. The van der Waals surface area contributed by atoms with Crippen molar-refractivity contribution in [3.05, 3.63) is 52.1 Å². The Kier molecular flexibility index (Phi) is 4.56. The molecule has 1 aromatic carbocycles. The summed E-state index contributed by atoms with van der Waals surface area (Å²) in [5.74, 6) is 1.67. The average Bonchev–Trinajstić information content (AvgIpc) is 2.41. The molecule has 0 unspecified atom stereocenters. The summed E-state index contributed by atoms with van der Waals surface area (Å²) in [7, 11) is 0. The van der Waals surface area contributed by atoms with E-state index in [0.29, 0.717) is 18.3 Å². The third kappa shape index (κ3) is 3.55. The van der Waals surface area contributed by atoms with Crippen LogP contribution in [0.15, 0.2) is 40.9 Å². The first-order chi connectivity index (χ1) is 9.10. The maximum absolute atomic E-state index is 5.83. The number of nitrogens with two attached hydrogens (primary N) is 1. The molecule has 1 heterocycles. The second kappa shape index (κ2) is 6.17. The van der Waals surface area contributed by atoms with E-state index in [1.165, 1.54) is 0 Å². The molecule has 0 bridgehead atoms. The molecule has 100 valence electrons. The highest BCUT2D eigenvalue weighted by molar-refractivity contribution is 9.10. The Morgan fingerprint density at radius 2 is 2.00 bits per heavy atom. The minimum absolute atomic E-state index is 0.341. The van der Waals surface area contributed by atoms with Crippen LogP contribution in [0, 0.1) is 0 Å². The van der Waals surface area contributed by atoms with Crippen LogP contribution in [0.3, 0.4) is 0 Å². The molecule has 0 atom stereocenters. The Labute approximate surface area is 121 Å². The van der Waals surface area contributed by atoms with E-state index in [4.69, 9.17) is 10.5 Å². The van der Waals surface area contributed by atoms with Crippen LogP contribution in [-0.2, 0) is 6.54 Å². The predicted octanol–water partition coefficient (Wildman–Crippen LogP) is 4.22. The van der Waals surface area contributed by atoms with Gasteiger partial charge in [-0.05, 0) is 45.6 Å². The first kappa shape index (κ1) is 14.0. The molecular formula is C15H17BrN2O. The maximum Gasteiger partial charge on any atom is 0.219 e. The number of nitrogens with zero attached hydrogens (tertiary/aromatic N) is 1. The molecule has 0 spiro atoms. The lowest BCUT2D eigenvalue weighted by Crippen LogP contribution is -2.02. The number of para-hydroxylation sites is 1. The van der Waals surface area contributed by atoms with Gasteiger partial charge in [-0.15, -0.1) is 0 Å². The molecule has 0 saturated carbocycles. The quantitative estimate of drug-likeness (QED) is 0.917. The zero-order valence-electron chi connectivity index (χ0n) is 11.1. The normalized spacial score (nSPS) is 10.8. The smallest absolute Gasteiger partial charge is 0.219 e. The zero-order chi connectivity index (χ0) is 13.8. The Morgan fingerprint density at radius 1 is 1.26 bits per heavy atom. The summed E-state index contributed by atoms with van der Waals surface area (Å²) in [6.45, 7) is 4.68. The summed E-state index contributed by atoms with van der Waals surface area (Å²) >= 11 is 3.46. The topological polar surface area (TPSA) is 48.1 Å². The lowest BCUT2D eigenvalue weighted by atomic mass is 10.1. The highest BCUT2D eigenvalue weighted by atomic mass is 79.9. The number of halogens is 1. The van der Waals surface area contributed by atoms with Gasteiger partial charge in [-0.3, -0.25) is 0 Å². The van der Waals surface area contributed by atoms with Crippen LogP contribution in [0.1, 0.15) is 31.0 Å². The van der Waals surface area contributed by atoms with Gasteiger partial charge in [0.1, 0.15) is 5.75 Å². The van der Waals surface area contributed by atoms with Crippen molar-refractivity contribution in [2.24, 2.45) is 5.73 Å². The third-order valence-electron chi connectivity index (χ3n) is 2.76. The largest absolute Gasteiger partial charge is 0.438 e. The van der Waals surface area contributed by atoms with Crippen LogP contribution in [0.25, 0.3) is 0 Å². The van der Waals surface area contributed by atoms with Crippen molar-refractivity contribution in [3.63, 3.8) is 0 Å². The molecular weight excluding hydrogens is 304 g/mol. The molecule has 1 aromatic heterocycles. The fourth-order valence-electron chi connectivity index (χ4n) is 1.69. The fraction of sp³-hybridized carbons (Fsp3) is 0.267. The van der Waals surface area contributed by atoms with Crippen LogP contribution in [0.4, 0.5) is 0 Å². The third-order valence-corrected chi connectivity index (χ3v) is 3.41. The number of aromatic nitrogens is 1. The van der Waals surface area contributed by atoms with Crippen molar-refractivity contribution in [2.75, 3.05) is 0 Å². The molecule has 2 rings (SSSR count). The molecule has 0 radical (unpaired) electrons. The molecule has 3 nitrogen and oxygen atoms in total. The van der Waals surface area contributed by atoms with Crippen LogP contribution in [-0.4, -0.2) is 4.98 Å². The van der Waals surface area contributed by atoms with E-state index in [0.717, 1.165) is 21.5 Å². The summed E-state index contributed by atoms with van der Waals surface area (Å²) < 4.78 is 6.73. The van der Waals surface area contributed by atoms with E-state index in [1.54, 1.807) is 0 Å². The molecule has 4 heteroatoms. The van der Waals surface area contributed by atoms with Gasteiger partial charge in [0.2, 0.25) is 5.88 Å². The summed E-state index contributed by atoms with van der Waals surface area (Å²) in [6.07, 6.45) is 0. The van der Waals surface area contributed by atoms with Crippen LogP contribution < -0.4 is 10.5 Å². The number of ether oxygens (including phenoxy) is 1. The molecule has 2 aromatic rings. The van der Waals surface area contributed by atoms with Crippen molar-refractivity contribution in [1.29, 1.82) is 0 Å². The van der Waals surface area contributed by atoms with E-state index in [2.05, 4.69) is 34.8 Å². The molecule has 0 fully saturated rings. The van der Waals surface area contributed by atoms with Crippen molar-refractivity contribution in [2.45, 2.75) is 26.3 Å². The van der Waals surface area contributed by atoms with E-state index in [9.17, 15) is 0 Å². The van der Waals surface area contributed by atoms with E-state index in [1.807, 2.05) is 36.4 Å². The van der Waals surface area contributed by atoms with Crippen LogP contribution >= 0.6 is 15.9 Å². The molecule has 0 aliphatic rings. The highest BCUT2D eigenvalue weighted by Crippen LogP contribution is 2.29.